The topological polar surface area (TPSA) is 46.5 Å². The van der Waals surface area contributed by atoms with Crippen molar-refractivity contribution in [1.82, 2.24) is 0 Å². The molecule has 0 bridgehead atoms. The number of hydrogen-bond donors (Lipinski definition) is 1. The number of carbonyl (C=O) groups is 1. The summed E-state index contributed by atoms with van der Waals surface area (Å²) in [6.07, 6.45) is 1.07. The lowest BCUT2D eigenvalue weighted by molar-refractivity contribution is -0.140. The van der Waals surface area contributed by atoms with Gasteiger partial charge in [0.2, 0.25) is 0 Å². The molecule has 3 nitrogen and oxygen atoms in total. The highest BCUT2D eigenvalue weighted by Gasteiger charge is 2.10. The van der Waals surface area contributed by atoms with E-state index < -0.39 is 0 Å². The average Bonchev–Trinajstić information content (AvgIpc) is 2.46. The zero-order valence-electron chi connectivity index (χ0n) is 12.7. The highest BCUT2D eigenvalue weighted by atomic mass is 35.5. The maximum absolute atomic E-state index is 10.9. The summed E-state index contributed by atoms with van der Waals surface area (Å²) >= 11 is 12.2. The molecule has 0 amide bonds. The van der Waals surface area contributed by atoms with Crippen LogP contribution in [0, 0.1) is 6.07 Å². The van der Waals surface area contributed by atoms with Gasteiger partial charge in [0.15, 0.2) is 0 Å². The predicted octanol–water partition coefficient (Wildman–Crippen LogP) is 4.10. The maximum Gasteiger partial charge on any atom is 0.302 e. The van der Waals surface area contributed by atoms with Gasteiger partial charge in [-0.15, -0.1) is 0 Å². The summed E-state index contributed by atoms with van der Waals surface area (Å²) in [6, 6.07) is 12.3. The molecule has 5 heteroatoms. The van der Waals surface area contributed by atoms with E-state index >= 15 is 0 Å². The minimum absolute atomic E-state index is 0.0590. The molecule has 0 saturated carbocycles. The molecule has 0 aliphatic rings. The molecule has 0 atom stereocenters. The molecule has 0 spiro atoms. The van der Waals surface area contributed by atoms with E-state index in [1.54, 1.807) is 6.07 Å². The van der Waals surface area contributed by atoms with Crippen molar-refractivity contribution in [3.05, 3.63) is 57.6 Å². The Morgan fingerprint density at radius 3 is 2.65 bits per heavy atom. The van der Waals surface area contributed by atoms with Crippen molar-refractivity contribution >= 4 is 29.2 Å². The van der Waals surface area contributed by atoms with E-state index in [4.69, 9.17) is 33.0 Å². The number of halogens is 2. The largest absolute Gasteiger partial charge is 0.466 e. The summed E-state index contributed by atoms with van der Waals surface area (Å²) in [4.78, 5) is 10.9. The lowest BCUT2D eigenvalue weighted by Gasteiger charge is -2.12. The fourth-order valence-corrected chi connectivity index (χ4v) is 2.80. The van der Waals surface area contributed by atoms with Crippen LogP contribution in [0.3, 0.4) is 0 Å². The third-order valence-corrected chi connectivity index (χ3v) is 3.75. The van der Waals surface area contributed by atoms with Crippen LogP contribution in [0.5, 0.6) is 0 Å². The minimum Gasteiger partial charge on any atom is -0.466 e. The van der Waals surface area contributed by atoms with Crippen molar-refractivity contribution in [2.45, 2.75) is 19.8 Å². The second-order valence-corrected chi connectivity index (χ2v) is 6.00. The Kier molecular flexibility index (Phi) is 6.46. The number of carbonyl (C=O) groups excluding carboxylic acids is 1. The summed E-state index contributed by atoms with van der Waals surface area (Å²) in [5, 5.41) is 10.3. The highest BCUT2D eigenvalue weighted by Crippen LogP contribution is 2.30. The van der Waals surface area contributed by atoms with Crippen LogP contribution in [-0.4, -0.2) is 24.3 Å². The standard InChI is InChI=1S/C18H17Cl2O3/c1-12(22)23-7-5-14-10-16(19)2-3-18(14)15-8-13(4-6-21)9-17(20)11-15/h2,8-11,21H,4-7H2,1H3. The fraction of sp³-hybridized carbons (Fsp3) is 0.278. The van der Waals surface area contributed by atoms with Gasteiger partial charge in [-0.25, -0.2) is 0 Å². The van der Waals surface area contributed by atoms with Gasteiger partial charge in [0.05, 0.1) is 6.61 Å². The Balaban J connectivity index is 2.36. The molecule has 1 N–H and O–H groups in total. The molecule has 0 saturated heterocycles. The lowest BCUT2D eigenvalue weighted by atomic mass is 9.96. The van der Waals surface area contributed by atoms with Crippen molar-refractivity contribution in [3.63, 3.8) is 0 Å². The van der Waals surface area contributed by atoms with Gasteiger partial charge in [0.25, 0.3) is 0 Å². The number of benzene rings is 2. The molecule has 0 fully saturated rings. The second-order valence-electron chi connectivity index (χ2n) is 5.13. The van der Waals surface area contributed by atoms with Gasteiger partial charge in [-0.3, -0.25) is 4.79 Å². The van der Waals surface area contributed by atoms with Crippen LogP contribution in [0.4, 0.5) is 0 Å². The molecule has 23 heavy (non-hydrogen) atoms. The van der Waals surface area contributed by atoms with E-state index in [1.807, 2.05) is 24.3 Å². The Bertz CT molecular complexity index is 699. The first-order valence-corrected chi connectivity index (χ1v) is 7.99. The summed E-state index contributed by atoms with van der Waals surface area (Å²) in [5.41, 5.74) is 3.64. The highest BCUT2D eigenvalue weighted by molar-refractivity contribution is 6.31. The van der Waals surface area contributed by atoms with Gasteiger partial charge in [0.1, 0.15) is 0 Å². The number of rotatable bonds is 6. The molecule has 0 aliphatic carbocycles. The summed E-state index contributed by atoms with van der Waals surface area (Å²) < 4.78 is 5.01. The van der Waals surface area contributed by atoms with Gasteiger partial charge in [0, 0.05) is 30.0 Å². The Morgan fingerprint density at radius 1 is 1.17 bits per heavy atom. The maximum atomic E-state index is 10.9. The number of ether oxygens (including phenoxy) is 1. The first-order chi connectivity index (χ1) is 11.0. The second kappa shape index (κ2) is 8.34. The van der Waals surface area contributed by atoms with Crippen molar-refractivity contribution in [2.24, 2.45) is 0 Å². The van der Waals surface area contributed by atoms with E-state index in [9.17, 15) is 4.79 Å². The van der Waals surface area contributed by atoms with Gasteiger partial charge < -0.3 is 9.84 Å². The Labute approximate surface area is 145 Å². The van der Waals surface area contributed by atoms with Crippen molar-refractivity contribution < 1.29 is 14.6 Å². The van der Waals surface area contributed by atoms with Crippen LogP contribution in [0.1, 0.15) is 18.1 Å². The third-order valence-electron chi connectivity index (χ3n) is 3.31. The molecule has 0 aliphatic heterocycles. The SMILES string of the molecule is CC(=O)OCCc1cc(Cl)c[c]c1-c1cc(Cl)cc(CCO)c1. The molecule has 2 rings (SSSR count). The molecular weight excluding hydrogens is 335 g/mol. The zero-order chi connectivity index (χ0) is 16.8. The normalized spacial score (nSPS) is 10.6. The molecule has 0 unspecified atom stereocenters. The van der Waals surface area contributed by atoms with E-state index in [-0.39, 0.29) is 19.2 Å². The third kappa shape index (κ3) is 5.24. The number of aliphatic hydroxyl groups excluding tert-OH is 1. The number of esters is 1. The molecule has 2 aromatic carbocycles. The fourth-order valence-electron chi connectivity index (χ4n) is 2.35. The molecule has 1 radical (unpaired) electrons. The Morgan fingerprint density at radius 2 is 1.96 bits per heavy atom. The molecule has 0 heterocycles. The molecule has 2 aromatic rings. The van der Waals surface area contributed by atoms with E-state index in [0.717, 1.165) is 22.3 Å². The van der Waals surface area contributed by atoms with E-state index in [0.29, 0.717) is 22.9 Å². The van der Waals surface area contributed by atoms with Gasteiger partial charge in [-0.1, -0.05) is 29.3 Å². The number of hydrogen-bond acceptors (Lipinski definition) is 3. The monoisotopic (exact) mass is 351 g/mol. The molecule has 0 aromatic heterocycles. The van der Waals surface area contributed by atoms with E-state index in [2.05, 4.69) is 6.07 Å². The van der Waals surface area contributed by atoms with Crippen LogP contribution in [-0.2, 0) is 22.4 Å². The van der Waals surface area contributed by atoms with Gasteiger partial charge in [-0.2, -0.15) is 0 Å². The van der Waals surface area contributed by atoms with Crippen LogP contribution in [0.15, 0.2) is 30.3 Å². The van der Waals surface area contributed by atoms with Crippen LogP contribution in [0.2, 0.25) is 10.0 Å². The molecule has 121 valence electrons. The van der Waals surface area contributed by atoms with Gasteiger partial charge >= 0.3 is 5.97 Å². The van der Waals surface area contributed by atoms with E-state index in [1.165, 1.54) is 6.92 Å². The van der Waals surface area contributed by atoms with Crippen LogP contribution < -0.4 is 0 Å². The zero-order valence-corrected chi connectivity index (χ0v) is 14.2. The first kappa shape index (κ1) is 17.8. The van der Waals surface area contributed by atoms with Crippen LogP contribution >= 0.6 is 23.2 Å². The van der Waals surface area contributed by atoms with Crippen LogP contribution in [0.25, 0.3) is 11.1 Å². The Hall–Kier alpha value is -1.55. The van der Waals surface area contributed by atoms with Crippen molar-refractivity contribution in [1.29, 1.82) is 0 Å². The summed E-state index contributed by atoms with van der Waals surface area (Å²) in [5.74, 6) is -0.314. The van der Waals surface area contributed by atoms with Crippen molar-refractivity contribution in [3.8, 4) is 11.1 Å². The van der Waals surface area contributed by atoms with Crippen molar-refractivity contribution in [2.75, 3.05) is 13.2 Å². The minimum atomic E-state index is -0.314. The molecular formula is C18H17Cl2O3. The lowest BCUT2D eigenvalue weighted by Crippen LogP contribution is -2.04. The first-order valence-electron chi connectivity index (χ1n) is 7.23. The average molecular weight is 352 g/mol. The number of aliphatic hydroxyl groups is 1. The van der Waals surface area contributed by atoms with Gasteiger partial charge in [-0.05, 0) is 59.0 Å². The smallest absolute Gasteiger partial charge is 0.302 e. The summed E-state index contributed by atoms with van der Waals surface area (Å²) in [6.45, 7) is 1.72. The quantitative estimate of drug-likeness (QED) is 0.797. The summed E-state index contributed by atoms with van der Waals surface area (Å²) in [7, 11) is 0. The predicted molar refractivity (Wildman–Crippen MR) is 91.9 cm³/mol.